The van der Waals surface area contributed by atoms with Crippen molar-refractivity contribution in [1.29, 1.82) is 0 Å². The van der Waals surface area contributed by atoms with Gasteiger partial charge in [0.05, 0.1) is 5.69 Å². The van der Waals surface area contributed by atoms with Gasteiger partial charge >= 0.3 is 5.76 Å². The number of hydrogen-bond acceptors (Lipinski definition) is 3. The van der Waals surface area contributed by atoms with Crippen LogP contribution in [0.4, 0.5) is 4.39 Å². The number of benzene rings is 1. The second kappa shape index (κ2) is 2.65. The molecule has 0 aliphatic heterocycles. The molecular weight excluding hydrogens is 173 g/mol. The largest absolute Gasteiger partial charge is 0.439 e. The van der Waals surface area contributed by atoms with Gasteiger partial charge < -0.3 is 4.42 Å². The summed E-state index contributed by atoms with van der Waals surface area (Å²) in [6, 6.07) is 3.95. The van der Waals surface area contributed by atoms with Crippen molar-refractivity contribution in [2.24, 2.45) is 0 Å². The summed E-state index contributed by atoms with van der Waals surface area (Å²) in [5.74, 6) is -1.03. The zero-order chi connectivity index (χ0) is 9.42. The minimum absolute atomic E-state index is 0.360. The molecule has 13 heavy (non-hydrogen) atoms. The van der Waals surface area contributed by atoms with Gasteiger partial charge in [0, 0.05) is 5.39 Å². The highest BCUT2D eigenvalue weighted by Crippen LogP contribution is 2.15. The van der Waals surface area contributed by atoms with Gasteiger partial charge in [-0.15, -0.1) is 0 Å². The van der Waals surface area contributed by atoms with Crippen molar-refractivity contribution in [1.82, 2.24) is 4.98 Å². The molecule has 1 aromatic carbocycles. The Balaban J connectivity index is 2.95. The second-order valence-electron chi connectivity index (χ2n) is 2.71. The van der Waals surface area contributed by atoms with Gasteiger partial charge in [0.2, 0.25) is 0 Å². The SMILES string of the molecule is Cc1nc(=O)oc2ccc(F)cc12. The number of rotatable bonds is 0. The third-order valence-corrected chi connectivity index (χ3v) is 1.79. The maximum Gasteiger partial charge on any atom is 0.439 e. The van der Waals surface area contributed by atoms with Crippen LogP contribution in [0, 0.1) is 12.7 Å². The molecule has 2 rings (SSSR count). The summed E-state index contributed by atoms with van der Waals surface area (Å²) in [6.07, 6.45) is 0. The first-order chi connectivity index (χ1) is 6.16. The van der Waals surface area contributed by atoms with Crippen LogP contribution in [0.3, 0.4) is 0 Å². The summed E-state index contributed by atoms with van der Waals surface area (Å²) in [4.78, 5) is 14.4. The Morgan fingerprint density at radius 3 is 3.00 bits per heavy atom. The summed E-state index contributed by atoms with van der Waals surface area (Å²) < 4.78 is 17.5. The molecule has 0 amide bonds. The van der Waals surface area contributed by atoms with E-state index in [0.29, 0.717) is 16.7 Å². The minimum atomic E-state index is -0.656. The zero-order valence-electron chi connectivity index (χ0n) is 6.87. The molecule has 0 spiro atoms. The smallest absolute Gasteiger partial charge is 0.408 e. The van der Waals surface area contributed by atoms with E-state index in [1.54, 1.807) is 6.92 Å². The summed E-state index contributed by atoms with van der Waals surface area (Å²) >= 11 is 0. The summed E-state index contributed by atoms with van der Waals surface area (Å²) in [7, 11) is 0. The van der Waals surface area contributed by atoms with Gasteiger partial charge in [0.25, 0.3) is 0 Å². The molecular formula is C9H6FNO2. The molecule has 0 atom stereocenters. The molecule has 3 nitrogen and oxygen atoms in total. The summed E-state index contributed by atoms with van der Waals surface area (Å²) in [5, 5.41) is 0.527. The molecule has 0 aliphatic carbocycles. The van der Waals surface area contributed by atoms with Crippen LogP contribution in [-0.2, 0) is 0 Å². The molecule has 0 saturated carbocycles. The highest BCUT2D eigenvalue weighted by Gasteiger charge is 2.03. The lowest BCUT2D eigenvalue weighted by Gasteiger charge is -1.97. The van der Waals surface area contributed by atoms with Crippen molar-refractivity contribution in [3.05, 3.63) is 40.3 Å². The average molecular weight is 179 g/mol. The Morgan fingerprint density at radius 2 is 2.23 bits per heavy atom. The van der Waals surface area contributed by atoms with Crippen LogP contribution >= 0.6 is 0 Å². The van der Waals surface area contributed by atoms with Gasteiger partial charge in [0.1, 0.15) is 11.4 Å². The Hall–Kier alpha value is -1.71. The average Bonchev–Trinajstić information content (AvgIpc) is 2.06. The highest BCUT2D eigenvalue weighted by molar-refractivity contribution is 5.78. The molecule has 0 unspecified atom stereocenters. The van der Waals surface area contributed by atoms with Crippen molar-refractivity contribution in [3.63, 3.8) is 0 Å². The van der Waals surface area contributed by atoms with Crippen LogP contribution in [-0.4, -0.2) is 4.98 Å². The molecule has 2 aromatic rings. The van der Waals surface area contributed by atoms with E-state index in [-0.39, 0.29) is 5.82 Å². The van der Waals surface area contributed by atoms with Crippen LogP contribution in [0.2, 0.25) is 0 Å². The lowest BCUT2D eigenvalue weighted by Crippen LogP contribution is -2.05. The fraction of sp³-hybridized carbons (Fsp3) is 0.111. The molecule has 0 radical (unpaired) electrons. The van der Waals surface area contributed by atoms with Gasteiger partial charge in [-0.05, 0) is 25.1 Å². The van der Waals surface area contributed by atoms with E-state index in [9.17, 15) is 9.18 Å². The first-order valence-corrected chi connectivity index (χ1v) is 3.74. The first kappa shape index (κ1) is 7.91. The molecule has 1 heterocycles. The minimum Gasteiger partial charge on any atom is -0.408 e. The van der Waals surface area contributed by atoms with Gasteiger partial charge in [-0.1, -0.05) is 0 Å². The van der Waals surface area contributed by atoms with E-state index in [1.807, 2.05) is 0 Å². The van der Waals surface area contributed by atoms with Crippen molar-refractivity contribution in [3.8, 4) is 0 Å². The number of aromatic nitrogens is 1. The maximum atomic E-state index is 12.8. The molecule has 0 bridgehead atoms. The number of hydrogen-bond donors (Lipinski definition) is 0. The predicted molar refractivity (Wildman–Crippen MR) is 45.0 cm³/mol. The van der Waals surface area contributed by atoms with Gasteiger partial charge in [0.15, 0.2) is 0 Å². The number of fused-ring (bicyclic) bond motifs is 1. The van der Waals surface area contributed by atoms with Crippen LogP contribution in [0.25, 0.3) is 11.0 Å². The molecule has 0 saturated heterocycles. The Morgan fingerprint density at radius 1 is 1.46 bits per heavy atom. The van der Waals surface area contributed by atoms with Crippen molar-refractivity contribution in [2.75, 3.05) is 0 Å². The van der Waals surface area contributed by atoms with Crippen LogP contribution in [0.15, 0.2) is 27.4 Å². The quantitative estimate of drug-likeness (QED) is 0.617. The number of aryl methyl sites for hydroxylation is 1. The van der Waals surface area contributed by atoms with E-state index >= 15 is 0 Å². The first-order valence-electron chi connectivity index (χ1n) is 3.74. The zero-order valence-corrected chi connectivity index (χ0v) is 6.87. The normalized spacial score (nSPS) is 10.6. The topological polar surface area (TPSA) is 43.1 Å². The fourth-order valence-corrected chi connectivity index (χ4v) is 1.19. The highest BCUT2D eigenvalue weighted by atomic mass is 19.1. The van der Waals surface area contributed by atoms with E-state index in [1.165, 1.54) is 18.2 Å². The molecule has 1 aromatic heterocycles. The van der Waals surface area contributed by atoms with Gasteiger partial charge in [-0.2, -0.15) is 4.98 Å². The summed E-state index contributed by atoms with van der Waals surface area (Å²) in [6.45, 7) is 1.64. The Bertz CT molecular complexity index is 518. The van der Waals surface area contributed by atoms with Crippen LogP contribution < -0.4 is 5.76 Å². The van der Waals surface area contributed by atoms with E-state index in [0.717, 1.165) is 0 Å². The number of halogens is 1. The number of nitrogens with zero attached hydrogens (tertiary/aromatic N) is 1. The predicted octanol–water partition coefficient (Wildman–Crippen LogP) is 1.64. The third kappa shape index (κ3) is 1.30. The van der Waals surface area contributed by atoms with E-state index in [2.05, 4.69) is 4.98 Å². The third-order valence-electron chi connectivity index (χ3n) is 1.79. The van der Waals surface area contributed by atoms with E-state index in [4.69, 9.17) is 4.42 Å². The lowest BCUT2D eigenvalue weighted by atomic mass is 10.2. The lowest BCUT2D eigenvalue weighted by molar-refractivity contribution is 0.527. The van der Waals surface area contributed by atoms with Crippen molar-refractivity contribution in [2.45, 2.75) is 6.92 Å². The fourth-order valence-electron chi connectivity index (χ4n) is 1.19. The second-order valence-corrected chi connectivity index (χ2v) is 2.71. The molecule has 4 heteroatoms. The van der Waals surface area contributed by atoms with Crippen molar-refractivity contribution < 1.29 is 8.81 Å². The summed E-state index contributed by atoms with van der Waals surface area (Å²) in [5.41, 5.74) is 0.838. The Kier molecular flexibility index (Phi) is 1.62. The van der Waals surface area contributed by atoms with Crippen LogP contribution in [0.1, 0.15) is 5.69 Å². The van der Waals surface area contributed by atoms with Crippen LogP contribution in [0.5, 0.6) is 0 Å². The molecule has 0 fully saturated rings. The Labute approximate surface area is 72.8 Å². The van der Waals surface area contributed by atoms with Gasteiger partial charge in [-0.3, -0.25) is 0 Å². The standard InChI is InChI=1S/C9H6FNO2/c1-5-7-4-6(10)2-3-8(7)13-9(12)11-5/h2-4H,1H3. The molecule has 0 N–H and O–H groups in total. The maximum absolute atomic E-state index is 12.8. The van der Waals surface area contributed by atoms with Gasteiger partial charge in [-0.25, -0.2) is 9.18 Å². The van der Waals surface area contributed by atoms with E-state index < -0.39 is 5.76 Å². The molecule has 0 aliphatic rings. The molecule has 66 valence electrons. The monoisotopic (exact) mass is 179 g/mol. The van der Waals surface area contributed by atoms with Crippen molar-refractivity contribution >= 4 is 11.0 Å².